The highest BCUT2D eigenvalue weighted by molar-refractivity contribution is 5.86. The molecule has 3 rings (SSSR count). The summed E-state index contributed by atoms with van der Waals surface area (Å²) in [6.45, 7) is 3.19. The summed E-state index contributed by atoms with van der Waals surface area (Å²) in [7, 11) is 1.84. The zero-order valence-electron chi connectivity index (χ0n) is 13.8. The molecule has 0 spiro atoms. The molecule has 2 aromatic rings. The largest absolute Gasteiger partial charge is 0.478 e. The Morgan fingerprint density at radius 3 is 2.54 bits per heavy atom. The number of rotatable bonds is 4. The van der Waals surface area contributed by atoms with E-state index < -0.39 is 5.97 Å². The van der Waals surface area contributed by atoms with Crippen LogP contribution in [0.1, 0.15) is 47.8 Å². The minimum absolute atomic E-state index is 0.101. The van der Waals surface area contributed by atoms with Gasteiger partial charge in [0.2, 0.25) is 5.91 Å². The summed E-state index contributed by atoms with van der Waals surface area (Å²) in [4.78, 5) is 25.5. The second-order valence-electron chi connectivity index (χ2n) is 6.17. The van der Waals surface area contributed by atoms with Crippen molar-refractivity contribution >= 4 is 11.9 Å². The maximum Gasteiger partial charge on any atom is 0.338 e. The Bertz CT molecular complexity index is 742. The summed E-state index contributed by atoms with van der Waals surface area (Å²) in [5, 5.41) is 17.2. The van der Waals surface area contributed by atoms with Crippen molar-refractivity contribution in [1.29, 1.82) is 0 Å². The van der Waals surface area contributed by atoms with E-state index in [1.807, 2.05) is 24.9 Å². The number of nitrogens with zero attached hydrogens (tertiary/aromatic N) is 5. The number of carbonyl (C=O) groups is 2. The molecule has 0 bridgehead atoms. The molecule has 1 fully saturated rings. The number of amides is 1. The van der Waals surface area contributed by atoms with Crippen molar-refractivity contribution in [2.24, 2.45) is 7.05 Å². The van der Waals surface area contributed by atoms with Crippen LogP contribution < -0.4 is 0 Å². The highest BCUT2D eigenvalue weighted by Gasteiger charge is 2.29. The monoisotopic (exact) mass is 331 g/mol. The highest BCUT2D eigenvalue weighted by atomic mass is 16.4. The normalized spacial score (nSPS) is 17.0. The molecule has 1 amide bonds. The van der Waals surface area contributed by atoms with Crippen molar-refractivity contribution in [3.63, 3.8) is 0 Å². The van der Waals surface area contributed by atoms with E-state index in [4.69, 9.17) is 5.11 Å². The molecule has 0 radical (unpaired) electrons. The van der Waals surface area contributed by atoms with Crippen molar-refractivity contribution in [3.05, 3.63) is 35.9 Å². The summed E-state index contributed by atoms with van der Waals surface area (Å²) in [5.74, 6) is -1.10. The molecule has 0 aliphatic carbocycles. The first-order valence-corrected chi connectivity index (χ1v) is 8.01. The van der Waals surface area contributed by atoms with Gasteiger partial charge in [0.15, 0.2) is 0 Å². The van der Waals surface area contributed by atoms with Crippen LogP contribution >= 0.6 is 0 Å². The Hall–Kier alpha value is -2.64. The number of aromatic nitrogens is 4. The van der Waals surface area contributed by atoms with Crippen LogP contribution in [0.25, 0.3) is 0 Å². The number of carbonyl (C=O) groups excluding carboxylic acids is 1. The number of hydrogen-bond acceptors (Lipinski definition) is 4. The van der Waals surface area contributed by atoms with Gasteiger partial charge in [-0.25, -0.2) is 4.79 Å². The predicted octanol–water partition coefficient (Wildman–Crippen LogP) is 1.28. The Kier molecular flexibility index (Phi) is 4.37. The fourth-order valence-electron chi connectivity index (χ4n) is 3.21. The molecule has 1 atom stereocenters. The lowest BCUT2D eigenvalue weighted by atomic mass is 10.0. The van der Waals surface area contributed by atoms with Gasteiger partial charge in [0.25, 0.3) is 0 Å². The van der Waals surface area contributed by atoms with Crippen molar-refractivity contribution in [3.8, 4) is 0 Å². The van der Waals surface area contributed by atoms with Crippen LogP contribution in [0, 0.1) is 0 Å². The second kappa shape index (κ2) is 6.46. The van der Waals surface area contributed by atoms with E-state index in [-0.39, 0.29) is 23.4 Å². The number of likely N-dealkylation sites (tertiary alicyclic amines) is 1. The van der Waals surface area contributed by atoms with Crippen LogP contribution in [0.3, 0.4) is 0 Å². The molecule has 1 aliphatic rings. The molecule has 24 heavy (non-hydrogen) atoms. The number of carboxylic acid groups (broad SMARTS) is 1. The molecular weight excluding hydrogens is 310 g/mol. The van der Waals surface area contributed by atoms with E-state index in [2.05, 4.69) is 10.2 Å². The Labute approximate surface area is 139 Å². The van der Waals surface area contributed by atoms with Gasteiger partial charge in [-0.3, -0.25) is 14.2 Å². The van der Waals surface area contributed by atoms with E-state index in [1.54, 1.807) is 21.8 Å². The quantitative estimate of drug-likeness (QED) is 0.911. The van der Waals surface area contributed by atoms with E-state index in [0.29, 0.717) is 13.1 Å². The van der Waals surface area contributed by atoms with Crippen LogP contribution in [0.15, 0.2) is 24.7 Å². The number of aromatic carboxylic acids is 1. The number of aryl methyl sites for hydroxylation is 1. The standard InChI is InChI=1S/C16H21N5O3/c1-11(14-3-6-17-19(14)2)15(22)20-7-4-13(5-8-20)21-10-12(9-18-21)16(23)24/h3,6,9-11,13H,4-5,7-8H2,1-2H3,(H,23,24). The average molecular weight is 331 g/mol. The van der Waals surface area contributed by atoms with Gasteiger partial charge >= 0.3 is 5.97 Å². The summed E-state index contributed by atoms with van der Waals surface area (Å²) in [5.41, 5.74) is 1.10. The van der Waals surface area contributed by atoms with Crippen molar-refractivity contribution in [1.82, 2.24) is 24.5 Å². The van der Waals surface area contributed by atoms with Gasteiger partial charge in [-0.2, -0.15) is 10.2 Å². The Balaban J connectivity index is 1.61. The van der Waals surface area contributed by atoms with Crippen LogP contribution in [-0.4, -0.2) is 54.5 Å². The summed E-state index contributed by atoms with van der Waals surface area (Å²) in [6.07, 6.45) is 6.16. The van der Waals surface area contributed by atoms with Crippen molar-refractivity contribution in [2.75, 3.05) is 13.1 Å². The van der Waals surface area contributed by atoms with Crippen LogP contribution in [0.2, 0.25) is 0 Å². The summed E-state index contributed by atoms with van der Waals surface area (Å²) >= 11 is 0. The molecule has 128 valence electrons. The minimum Gasteiger partial charge on any atom is -0.478 e. The van der Waals surface area contributed by atoms with Crippen molar-refractivity contribution in [2.45, 2.75) is 31.7 Å². The fraction of sp³-hybridized carbons (Fsp3) is 0.500. The molecule has 8 nitrogen and oxygen atoms in total. The number of carboxylic acids is 1. The fourth-order valence-corrected chi connectivity index (χ4v) is 3.21. The number of hydrogen-bond donors (Lipinski definition) is 1. The molecule has 1 saturated heterocycles. The zero-order chi connectivity index (χ0) is 17.3. The van der Waals surface area contributed by atoms with Gasteiger partial charge in [0.05, 0.1) is 29.4 Å². The van der Waals surface area contributed by atoms with E-state index in [9.17, 15) is 9.59 Å². The van der Waals surface area contributed by atoms with Crippen LogP contribution in [0.4, 0.5) is 0 Å². The maximum atomic E-state index is 12.7. The molecule has 1 unspecified atom stereocenters. The van der Waals surface area contributed by atoms with Crippen LogP contribution in [-0.2, 0) is 11.8 Å². The lowest BCUT2D eigenvalue weighted by molar-refractivity contribution is -0.133. The highest BCUT2D eigenvalue weighted by Crippen LogP contribution is 2.25. The van der Waals surface area contributed by atoms with Crippen LogP contribution in [0.5, 0.6) is 0 Å². The van der Waals surface area contributed by atoms with E-state index in [0.717, 1.165) is 18.5 Å². The van der Waals surface area contributed by atoms with Gasteiger partial charge in [-0.05, 0) is 25.8 Å². The van der Waals surface area contributed by atoms with E-state index in [1.165, 1.54) is 6.20 Å². The van der Waals surface area contributed by atoms with Gasteiger partial charge in [-0.15, -0.1) is 0 Å². The third-order valence-corrected chi connectivity index (χ3v) is 4.67. The lowest BCUT2D eigenvalue weighted by Gasteiger charge is -2.33. The molecule has 0 saturated carbocycles. The van der Waals surface area contributed by atoms with Crippen molar-refractivity contribution < 1.29 is 14.7 Å². The first-order chi connectivity index (χ1) is 11.5. The predicted molar refractivity (Wildman–Crippen MR) is 85.7 cm³/mol. The summed E-state index contributed by atoms with van der Waals surface area (Å²) < 4.78 is 3.43. The minimum atomic E-state index is -0.973. The van der Waals surface area contributed by atoms with E-state index >= 15 is 0 Å². The van der Waals surface area contributed by atoms with Gasteiger partial charge in [0, 0.05) is 32.5 Å². The molecule has 0 aromatic carbocycles. The third-order valence-electron chi connectivity index (χ3n) is 4.67. The Morgan fingerprint density at radius 2 is 2.00 bits per heavy atom. The van der Waals surface area contributed by atoms with Gasteiger partial charge in [0.1, 0.15) is 0 Å². The molecular formula is C16H21N5O3. The lowest BCUT2D eigenvalue weighted by Crippen LogP contribution is -2.41. The zero-order valence-corrected chi connectivity index (χ0v) is 13.8. The third kappa shape index (κ3) is 3.04. The van der Waals surface area contributed by atoms with Gasteiger partial charge in [-0.1, -0.05) is 0 Å². The average Bonchev–Trinajstić information content (AvgIpc) is 3.23. The SMILES string of the molecule is CC(C(=O)N1CCC(n2cc(C(=O)O)cn2)CC1)c1ccnn1C. The maximum absolute atomic E-state index is 12.7. The number of piperidine rings is 1. The molecule has 3 heterocycles. The molecule has 8 heteroatoms. The first-order valence-electron chi connectivity index (χ1n) is 8.01. The smallest absolute Gasteiger partial charge is 0.338 e. The Morgan fingerprint density at radius 1 is 1.29 bits per heavy atom. The first kappa shape index (κ1) is 16.2. The molecule has 1 aliphatic heterocycles. The molecule has 2 aromatic heterocycles. The molecule has 1 N–H and O–H groups in total. The second-order valence-corrected chi connectivity index (χ2v) is 6.17. The van der Waals surface area contributed by atoms with Gasteiger partial charge < -0.3 is 10.0 Å². The topological polar surface area (TPSA) is 93.2 Å². The summed E-state index contributed by atoms with van der Waals surface area (Å²) in [6, 6.07) is 2.00.